The van der Waals surface area contributed by atoms with Gasteiger partial charge in [0.25, 0.3) is 5.91 Å². The van der Waals surface area contributed by atoms with Gasteiger partial charge in [-0.05, 0) is 24.0 Å². The van der Waals surface area contributed by atoms with Crippen molar-refractivity contribution in [1.29, 1.82) is 5.26 Å². The van der Waals surface area contributed by atoms with Crippen LogP contribution >= 0.6 is 11.8 Å². The molecule has 6 nitrogen and oxygen atoms in total. The van der Waals surface area contributed by atoms with Crippen LogP contribution in [0.1, 0.15) is 5.56 Å². The number of thioether (sulfide) groups is 1. The zero-order chi connectivity index (χ0) is 19.6. The highest BCUT2D eigenvalue weighted by atomic mass is 32.2. The summed E-state index contributed by atoms with van der Waals surface area (Å²) in [7, 11) is 0. The van der Waals surface area contributed by atoms with E-state index in [4.69, 9.17) is 0 Å². The summed E-state index contributed by atoms with van der Waals surface area (Å²) < 4.78 is 13.6. The van der Waals surface area contributed by atoms with Gasteiger partial charge in [-0.3, -0.25) is 15.1 Å². The standard InChI is InChI=1S/C19H17FN4O2S/c1-27-18(22-12-13-7-3-2-4-8-13)14(11-21)17(25)24-19(26)23-16-10-6-5-9-15(16)20/h2-10,14H,12H2,1H3,(H2,23,24,25,26). The molecule has 0 spiro atoms. The molecule has 2 aromatic rings. The second kappa shape index (κ2) is 10.1. The molecular weight excluding hydrogens is 367 g/mol. The Labute approximate surface area is 160 Å². The van der Waals surface area contributed by atoms with Crippen LogP contribution in [0, 0.1) is 23.1 Å². The lowest BCUT2D eigenvalue weighted by Gasteiger charge is -2.12. The smallest absolute Gasteiger partial charge is 0.305 e. The van der Waals surface area contributed by atoms with E-state index in [1.54, 1.807) is 12.3 Å². The van der Waals surface area contributed by atoms with Crippen molar-refractivity contribution in [2.75, 3.05) is 11.6 Å². The van der Waals surface area contributed by atoms with Crippen molar-refractivity contribution >= 4 is 34.4 Å². The van der Waals surface area contributed by atoms with Crippen molar-refractivity contribution in [2.24, 2.45) is 10.9 Å². The number of carbonyl (C=O) groups is 2. The SMILES string of the molecule is CSC(=NCc1ccccc1)C(C#N)C(=O)NC(=O)Nc1ccccc1F. The molecule has 8 heteroatoms. The Morgan fingerprint density at radius 2 is 1.85 bits per heavy atom. The second-order valence-corrected chi connectivity index (χ2v) is 6.16. The monoisotopic (exact) mass is 384 g/mol. The van der Waals surface area contributed by atoms with Crippen LogP contribution in [0.2, 0.25) is 0 Å². The number of urea groups is 1. The number of para-hydroxylation sites is 1. The maximum Gasteiger partial charge on any atom is 0.326 e. The Bertz CT molecular complexity index is 881. The van der Waals surface area contributed by atoms with Crippen LogP contribution in [0.4, 0.5) is 14.9 Å². The fraction of sp³-hybridized carbons (Fsp3) is 0.158. The number of rotatable bonds is 5. The number of halogens is 1. The van der Waals surface area contributed by atoms with Crippen LogP contribution in [0.15, 0.2) is 59.6 Å². The molecule has 1 atom stereocenters. The first-order chi connectivity index (χ1) is 13.0. The van der Waals surface area contributed by atoms with Crippen LogP contribution in [0.3, 0.4) is 0 Å². The Morgan fingerprint density at radius 1 is 1.19 bits per heavy atom. The summed E-state index contributed by atoms with van der Waals surface area (Å²) in [5, 5.41) is 13.9. The molecular formula is C19H17FN4O2S. The molecule has 0 saturated carbocycles. The lowest BCUT2D eigenvalue weighted by atomic mass is 10.1. The van der Waals surface area contributed by atoms with Gasteiger partial charge in [0.2, 0.25) is 0 Å². The van der Waals surface area contributed by atoms with Crippen LogP contribution in [0.5, 0.6) is 0 Å². The van der Waals surface area contributed by atoms with E-state index < -0.39 is 23.7 Å². The second-order valence-electron chi connectivity index (χ2n) is 5.33. The zero-order valence-electron chi connectivity index (χ0n) is 14.5. The van der Waals surface area contributed by atoms with Gasteiger partial charge in [-0.15, -0.1) is 11.8 Å². The largest absolute Gasteiger partial charge is 0.326 e. The number of carbonyl (C=O) groups excluding carboxylic acids is 2. The Balaban J connectivity index is 2.04. The van der Waals surface area contributed by atoms with Crippen molar-refractivity contribution in [3.63, 3.8) is 0 Å². The molecule has 27 heavy (non-hydrogen) atoms. The maximum absolute atomic E-state index is 13.6. The minimum atomic E-state index is -1.24. The Morgan fingerprint density at radius 3 is 2.48 bits per heavy atom. The van der Waals surface area contributed by atoms with Crippen LogP contribution in [0.25, 0.3) is 0 Å². The first-order valence-electron chi connectivity index (χ1n) is 7.93. The molecule has 0 heterocycles. The fourth-order valence-electron chi connectivity index (χ4n) is 2.15. The number of aliphatic imine (C=N–C) groups is 1. The molecule has 0 aliphatic carbocycles. The van der Waals surface area contributed by atoms with Gasteiger partial charge in [0, 0.05) is 0 Å². The normalized spacial score (nSPS) is 12.0. The predicted molar refractivity (Wildman–Crippen MR) is 104 cm³/mol. The average molecular weight is 384 g/mol. The number of hydrogen-bond acceptors (Lipinski definition) is 5. The molecule has 0 aliphatic heterocycles. The molecule has 2 aromatic carbocycles. The molecule has 0 bridgehead atoms. The summed E-state index contributed by atoms with van der Waals surface area (Å²) >= 11 is 1.16. The molecule has 138 valence electrons. The summed E-state index contributed by atoms with van der Waals surface area (Å²) in [5.41, 5.74) is 0.859. The molecule has 0 radical (unpaired) electrons. The predicted octanol–water partition coefficient (Wildman–Crippen LogP) is 3.58. The Kier molecular flexibility index (Phi) is 7.52. The third-order valence-electron chi connectivity index (χ3n) is 3.47. The van der Waals surface area contributed by atoms with Gasteiger partial charge < -0.3 is 5.32 Å². The molecule has 1 unspecified atom stereocenters. The fourth-order valence-corrected chi connectivity index (χ4v) is 2.74. The van der Waals surface area contributed by atoms with Gasteiger partial charge in [0.1, 0.15) is 5.82 Å². The van der Waals surface area contributed by atoms with Crippen LogP contribution in [-0.2, 0) is 11.3 Å². The average Bonchev–Trinajstić information content (AvgIpc) is 2.67. The first-order valence-corrected chi connectivity index (χ1v) is 9.16. The van der Waals surface area contributed by atoms with E-state index in [0.29, 0.717) is 6.54 Å². The van der Waals surface area contributed by atoms with E-state index in [0.717, 1.165) is 17.3 Å². The molecule has 0 saturated heterocycles. The van der Waals surface area contributed by atoms with Gasteiger partial charge in [-0.2, -0.15) is 5.26 Å². The molecule has 0 aliphatic rings. The summed E-state index contributed by atoms with van der Waals surface area (Å²) in [6.45, 7) is 0.309. The van der Waals surface area contributed by atoms with Gasteiger partial charge >= 0.3 is 6.03 Å². The van der Waals surface area contributed by atoms with E-state index >= 15 is 0 Å². The van der Waals surface area contributed by atoms with Crippen molar-refractivity contribution in [3.8, 4) is 6.07 Å². The van der Waals surface area contributed by atoms with Crippen molar-refractivity contribution in [1.82, 2.24) is 5.32 Å². The summed E-state index contributed by atoms with van der Waals surface area (Å²) in [6.07, 6.45) is 1.70. The summed E-state index contributed by atoms with van der Waals surface area (Å²) in [4.78, 5) is 28.5. The lowest BCUT2D eigenvalue weighted by molar-refractivity contribution is -0.120. The van der Waals surface area contributed by atoms with Gasteiger partial charge in [-0.1, -0.05) is 42.5 Å². The number of nitrogens with zero attached hydrogens (tertiary/aromatic N) is 2. The van der Waals surface area contributed by atoms with E-state index in [9.17, 15) is 19.2 Å². The number of hydrogen-bond donors (Lipinski definition) is 2. The topological polar surface area (TPSA) is 94.3 Å². The number of benzene rings is 2. The minimum absolute atomic E-state index is 0.0702. The van der Waals surface area contributed by atoms with E-state index in [-0.39, 0.29) is 10.7 Å². The molecule has 2 N–H and O–H groups in total. The highest BCUT2D eigenvalue weighted by Gasteiger charge is 2.25. The molecule has 0 fully saturated rings. The van der Waals surface area contributed by atoms with Crippen molar-refractivity contribution in [2.45, 2.75) is 6.54 Å². The number of anilines is 1. The number of nitriles is 1. The quantitative estimate of drug-likeness (QED) is 0.609. The minimum Gasteiger partial charge on any atom is -0.305 e. The zero-order valence-corrected chi connectivity index (χ0v) is 15.3. The Hall–Kier alpha value is -3.18. The van der Waals surface area contributed by atoms with Crippen LogP contribution in [-0.4, -0.2) is 23.2 Å². The third kappa shape index (κ3) is 5.94. The van der Waals surface area contributed by atoms with Gasteiger partial charge in [0.05, 0.1) is 23.3 Å². The van der Waals surface area contributed by atoms with E-state index in [1.807, 2.05) is 41.7 Å². The molecule has 3 amide bonds. The molecule has 2 rings (SSSR count). The van der Waals surface area contributed by atoms with E-state index in [2.05, 4.69) is 10.3 Å². The van der Waals surface area contributed by atoms with Gasteiger partial charge in [-0.25, -0.2) is 9.18 Å². The highest BCUT2D eigenvalue weighted by Crippen LogP contribution is 2.14. The third-order valence-corrected chi connectivity index (χ3v) is 4.25. The lowest BCUT2D eigenvalue weighted by Crippen LogP contribution is -2.40. The highest BCUT2D eigenvalue weighted by molar-refractivity contribution is 8.13. The maximum atomic E-state index is 13.6. The first kappa shape index (κ1) is 20.1. The van der Waals surface area contributed by atoms with Gasteiger partial charge in [0.15, 0.2) is 5.92 Å². The van der Waals surface area contributed by atoms with Crippen LogP contribution < -0.4 is 10.6 Å². The number of imide groups is 1. The van der Waals surface area contributed by atoms with Crippen molar-refractivity contribution in [3.05, 3.63) is 66.0 Å². The summed E-state index contributed by atoms with van der Waals surface area (Å²) in [5.74, 6) is -2.70. The summed E-state index contributed by atoms with van der Waals surface area (Å²) in [6, 6.07) is 15.9. The molecule has 0 aromatic heterocycles. The number of amides is 3. The van der Waals surface area contributed by atoms with Crippen molar-refractivity contribution < 1.29 is 14.0 Å². The number of nitrogens with one attached hydrogen (secondary N) is 2. The van der Waals surface area contributed by atoms with E-state index in [1.165, 1.54) is 18.2 Å².